The molecule has 0 saturated carbocycles. The number of benzene rings is 2. The van der Waals surface area contributed by atoms with Gasteiger partial charge in [-0.05, 0) is 36.2 Å². The molecule has 2 heterocycles. The van der Waals surface area contributed by atoms with E-state index in [-0.39, 0.29) is 23.3 Å². The summed E-state index contributed by atoms with van der Waals surface area (Å²) in [6.45, 7) is 0.706. The molecule has 0 radical (unpaired) electrons. The van der Waals surface area contributed by atoms with Crippen molar-refractivity contribution >= 4 is 50.8 Å². The Kier molecular flexibility index (Phi) is 5.73. The first-order chi connectivity index (χ1) is 14.1. The van der Waals surface area contributed by atoms with Crippen LogP contribution in [0.25, 0.3) is 10.2 Å². The number of ether oxygens (including phenoxy) is 1. The number of fused-ring (bicyclic) bond motifs is 2. The third-order valence-corrected chi connectivity index (χ3v) is 6.87. The third kappa shape index (κ3) is 4.09. The Morgan fingerprint density at radius 1 is 1.21 bits per heavy atom. The average molecular weight is 428 g/mol. The van der Waals surface area contributed by atoms with Gasteiger partial charge in [-0.3, -0.25) is 9.59 Å². The lowest BCUT2D eigenvalue weighted by Crippen LogP contribution is -2.30. The van der Waals surface area contributed by atoms with Gasteiger partial charge in [0.25, 0.3) is 5.91 Å². The molecule has 0 atom stereocenters. The van der Waals surface area contributed by atoms with E-state index in [1.807, 2.05) is 52.9 Å². The van der Waals surface area contributed by atoms with Crippen molar-refractivity contribution in [1.82, 2.24) is 4.57 Å². The molecule has 150 valence electrons. The highest BCUT2D eigenvalue weighted by atomic mass is 32.2. The Morgan fingerprint density at radius 2 is 2.03 bits per heavy atom. The minimum atomic E-state index is -0.237. The summed E-state index contributed by atoms with van der Waals surface area (Å²) < 4.78 is 8.16. The van der Waals surface area contributed by atoms with Crippen molar-refractivity contribution in [2.75, 3.05) is 30.1 Å². The fourth-order valence-electron chi connectivity index (χ4n) is 3.39. The van der Waals surface area contributed by atoms with Crippen molar-refractivity contribution in [2.45, 2.75) is 6.42 Å². The van der Waals surface area contributed by atoms with Crippen LogP contribution in [0.5, 0.6) is 5.75 Å². The Bertz CT molecular complexity index is 1150. The summed E-state index contributed by atoms with van der Waals surface area (Å²) in [7, 11) is 3.52. The molecule has 2 amide bonds. The molecule has 3 aromatic rings. The summed E-state index contributed by atoms with van der Waals surface area (Å²) in [6, 6.07) is 13.7. The number of thioether (sulfide) groups is 1. The molecular formula is C21H21N3O3S2. The van der Waals surface area contributed by atoms with E-state index in [2.05, 4.69) is 11.1 Å². The number of methoxy groups -OCH3 is 1. The zero-order chi connectivity index (χ0) is 20.4. The summed E-state index contributed by atoms with van der Waals surface area (Å²) in [6.07, 6.45) is 0.883. The van der Waals surface area contributed by atoms with E-state index < -0.39 is 0 Å². The van der Waals surface area contributed by atoms with E-state index >= 15 is 0 Å². The SMILES string of the molecule is COc1ccc2c(c1)sc(=NC(=O)CSCC(=O)N1CCc3ccccc31)n2C. The van der Waals surface area contributed by atoms with Crippen LogP contribution < -0.4 is 14.4 Å². The predicted molar refractivity (Wildman–Crippen MR) is 118 cm³/mol. The average Bonchev–Trinajstić information content (AvgIpc) is 3.29. The van der Waals surface area contributed by atoms with Gasteiger partial charge >= 0.3 is 0 Å². The fourth-order valence-corrected chi connectivity index (χ4v) is 5.12. The van der Waals surface area contributed by atoms with Crippen LogP contribution in [0.1, 0.15) is 5.56 Å². The molecule has 0 saturated heterocycles. The van der Waals surface area contributed by atoms with Crippen LogP contribution in [0, 0.1) is 0 Å². The second-order valence-electron chi connectivity index (χ2n) is 6.70. The largest absolute Gasteiger partial charge is 0.497 e. The maximum Gasteiger partial charge on any atom is 0.258 e. The van der Waals surface area contributed by atoms with Crippen LogP contribution >= 0.6 is 23.1 Å². The van der Waals surface area contributed by atoms with E-state index in [9.17, 15) is 9.59 Å². The Labute approximate surface area is 176 Å². The lowest BCUT2D eigenvalue weighted by Gasteiger charge is -2.16. The van der Waals surface area contributed by atoms with Crippen LogP contribution in [-0.2, 0) is 23.1 Å². The highest BCUT2D eigenvalue weighted by molar-refractivity contribution is 8.00. The van der Waals surface area contributed by atoms with Gasteiger partial charge in [0.05, 0.1) is 28.8 Å². The van der Waals surface area contributed by atoms with Crippen LogP contribution in [0.3, 0.4) is 0 Å². The number of rotatable bonds is 5. The molecule has 1 aromatic heterocycles. The fraction of sp³-hybridized carbons (Fsp3) is 0.286. The molecule has 29 heavy (non-hydrogen) atoms. The maximum absolute atomic E-state index is 12.5. The molecule has 0 fully saturated rings. The maximum atomic E-state index is 12.5. The Morgan fingerprint density at radius 3 is 2.86 bits per heavy atom. The molecule has 0 bridgehead atoms. The number of para-hydroxylation sites is 1. The zero-order valence-corrected chi connectivity index (χ0v) is 17.9. The molecule has 0 N–H and O–H groups in total. The second-order valence-corrected chi connectivity index (χ2v) is 8.69. The number of carbonyl (C=O) groups is 2. The number of amides is 2. The lowest BCUT2D eigenvalue weighted by atomic mass is 10.2. The van der Waals surface area contributed by atoms with Crippen molar-refractivity contribution in [3.8, 4) is 5.75 Å². The number of carbonyl (C=O) groups excluding carboxylic acids is 2. The molecule has 4 rings (SSSR count). The Hall–Kier alpha value is -2.58. The molecule has 1 aliphatic rings. The third-order valence-electron chi connectivity index (χ3n) is 4.88. The molecule has 0 aliphatic carbocycles. The van der Waals surface area contributed by atoms with Gasteiger partial charge < -0.3 is 14.2 Å². The van der Waals surface area contributed by atoms with E-state index in [1.165, 1.54) is 28.7 Å². The van der Waals surface area contributed by atoms with Crippen LogP contribution in [0.4, 0.5) is 5.69 Å². The molecule has 0 unspecified atom stereocenters. The smallest absolute Gasteiger partial charge is 0.258 e. The summed E-state index contributed by atoms with van der Waals surface area (Å²) in [4.78, 5) is 31.5. The van der Waals surface area contributed by atoms with Crippen molar-refractivity contribution in [1.29, 1.82) is 0 Å². The number of hydrogen-bond donors (Lipinski definition) is 0. The van der Waals surface area contributed by atoms with Gasteiger partial charge in [-0.2, -0.15) is 4.99 Å². The number of nitrogens with zero attached hydrogens (tertiary/aromatic N) is 3. The van der Waals surface area contributed by atoms with Gasteiger partial charge in [0.15, 0.2) is 4.80 Å². The van der Waals surface area contributed by atoms with Crippen molar-refractivity contribution in [3.05, 3.63) is 52.8 Å². The first-order valence-corrected chi connectivity index (χ1v) is 11.2. The molecule has 1 aliphatic heterocycles. The summed E-state index contributed by atoms with van der Waals surface area (Å²) in [5, 5.41) is 0. The molecular weight excluding hydrogens is 406 g/mol. The topological polar surface area (TPSA) is 63.9 Å². The predicted octanol–water partition coefficient (Wildman–Crippen LogP) is 3.00. The molecule has 2 aromatic carbocycles. The molecule has 8 heteroatoms. The summed E-state index contributed by atoms with van der Waals surface area (Å²) in [5.74, 6) is 1.02. The summed E-state index contributed by atoms with van der Waals surface area (Å²) in [5.41, 5.74) is 3.19. The quantitative estimate of drug-likeness (QED) is 0.628. The first kappa shape index (κ1) is 19.7. The van der Waals surface area contributed by atoms with Crippen molar-refractivity contribution < 1.29 is 14.3 Å². The van der Waals surface area contributed by atoms with E-state index in [0.717, 1.165) is 28.1 Å². The van der Waals surface area contributed by atoms with Gasteiger partial charge in [0, 0.05) is 19.3 Å². The van der Waals surface area contributed by atoms with Crippen LogP contribution in [0.2, 0.25) is 0 Å². The van der Waals surface area contributed by atoms with Crippen LogP contribution in [-0.4, -0.2) is 41.5 Å². The highest BCUT2D eigenvalue weighted by Crippen LogP contribution is 2.28. The zero-order valence-electron chi connectivity index (χ0n) is 16.3. The minimum Gasteiger partial charge on any atom is -0.497 e. The monoisotopic (exact) mass is 427 g/mol. The van der Waals surface area contributed by atoms with Crippen molar-refractivity contribution in [3.63, 3.8) is 0 Å². The van der Waals surface area contributed by atoms with Crippen LogP contribution in [0.15, 0.2) is 47.5 Å². The second kappa shape index (κ2) is 8.42. The molecule has 6 nitrogen and oxygen atoms in total. The van der Waals surface area contributed by atoms with Gasteiger partial charge in [0.2, 0.25) is 5.91 Å². The van der Waals surface area contributed by atoms with Gasteiger partial charge in [0.1, 0.15) is 5.75 Å². The number of aryl methyl sites for hydroxylation is 1. The van der Waals surface area contributed by atoms with E-state index in [1.54, 1.807) is 7.11 Å². The number of anilines is 1. The molecule has 0 spiro atoms. The summed E-state index contributed by atoms with van der Waals surface area (Å²) >= 11 is 2.76. The number of thiazole rings is 1. The normalized spacial score (nSPS) is 13.7. The van der Waals surface area contributed by atoms with E-state index in [0.29, 0.717) is 11.3 Å². The number of aromatic nitrogens is 1. The van der Waals surface area contributed by atoms with E-state index in [4.69, 9.17) is 4.74 Å². The van der Waals surface area contributed by atoms with Gasteiger partial charge in [-0.1, -0.05) is 29.5 Å². The standard InChI is InChI=1S/C21H21N3O3S2/c1-23-17-8-7-15(27-2)11-18(17)29-21(23)22-19(25)12-28-13-20(26)24-10-9-14-5-3-4-6-16(14)24/h3-8,11H,9-10,12-13H2,1-2H3. The number of hydrogen-bond acceptors (Lipinski definition) is 5. The first-order valence-electron chi connectivity index (χ1n) is 9.24. The minimum absolute atomic E-state index is 0.0345. The Balaban J connectivity index is 1.39. The van der Waals surface area contributed by atoms with Crippen molar-refractivity contribution in [2.24, 2.45) is 12.0 Å². The van der Waals surface area contributed by atoms with Gasteiger partial charge in [-0.15, -0.1) is 11.8 Å². The van der Waals surface area contributed by atoms with Gasteiger partial charge in [-0.25, -0.2) is 0 Å². The highest BCUT2D eigenvalue weighted by Gasteiger charge is 2.23. The lowest BCUT2D eigenvalue weighted by molar-refractivity contribution is -0.116.